The summed E-state index contributed by atoms with van der Waals surface area (Å²) in [5.74, 6) is -0.579. The normalized spacial score (nSPS) is 12.0. The number of unbranched alkanes of at least 4 members (excludes halogenated alkanes) is 26. The van der Waals surface area contributed by atoms with Gasteiger partial charge in [-0.1, -0.05) is 181 Å². The second-order valence-electron chi connectivity index (χ2n) is 12.7. The van der Waals surface area contributed by atoms with Crippen molar-refractivity contribution in [1.29, 1.82) is 0 Å². The van der Waals surface area contributed by atoms with Crippen molar-refractivity contribution in [3.05, 3.63) is 0 Å². The predicted molar refractivity (Wildman–Crippen MR) is 178 cm³/mol. The lowest BCUT2D eigenvalue weighted by molar-refractivity contribution is -0.161. The molecule has 0 spiro atoms. The number of hydrogen-bond donors (Lipinski definition) is 1. The minimum atomic E-state index is -0.760. The fraction of sp³-hybridized carbons (Fsp3) is 0.946. The third kappa shape index (κ3) is 31.8. The second kappa shape index (κ2) is 34.4. The number of carbonyl (C=O) groups excluding carboxylic acids is 2. The van der Waals surface area contributed by atoms with Crippen molar-refractivity contribution in [2.45, 2.75) is 213 Å². The molecule has 1 N–H and O–H groups in total. The summed E-state index contributed by atoms with van der Waals surface area (Å²) in [5, 5.41) is 9.52. The van der Waals surface area contributed by atoms with Crippen LogP contribution in [0.5, 0.6) is 0 Å². The number of esters is 2. The summed E-state index contributed by atoms with van der Waals surface area (Å²) in [6.45, 7) is 4.14. The van der Waals surface area contributed by atoms with Gasteiger partial charge in [0, 0.05) is 12.8 Å². The van der Waals surface area contributed by atoms with E-state index < -0.39 is 6.10 Å². The molecule has 0 saturated carbocycles. The van der Waals surface area contributed by atoms with Gasteiger partial charge < -0.3 is 14.6 Å². The van der Waals surface area contributed by atoms with Crippen molar-refractivity contribution in [3.63, 3.8) is 0 Å². The van der Waals surface area contributed by atoms with Crippen LogP contribution in [0.15, 0.2) is 0 Å². The first-order valence-electron chi connectivity index (χ1n) is 18.6. The number of rotatable bonds is 34. The van der Waals surface area contributed by atoms with E-state index in [9.17, 15) is 14.7 Å². The van der Waals surface area contributed by atoms with E-state index in [0.29, 0.717) is 12.8 Å². The van der Waals surface area contributed by atoms with Gasteiger partial charge in [0.2, 0.25) is 0 Å². The van der Waals surface area contributed by atoms with E-state index >= 15 is 0 Å². The molecule has 0 aliphatic rings. The molecule has 0 rings (SSSR count). The Morgan fingerprint density at radius 2 is 0.738 bits per heavy atom. The molecule has 0 aliphatic heterocycles. The van der Waals surface area contributed by atoms with Crippen LogP contribution in [-0.4, -0.2) is 36.4 Å². The van der Waals surface area contributed by atoms with E-state index in [1.165, 1.54) is 148 Å². The molecule has 5 nitrogen and oxygen atoms in total. The minimum absolute atomic E-state index is 0.0574. The van der Waals surface area contributed by atoms with Crippen LogP contribution in [0.1, 0.15) is 206 Å². The summed E-state index contributed by atoms with van der Waals surface area (Å²) < 4.78 is 10.6. The van der Waals surface area contributed by atoms with E-state index in [4.69, 9.17) is 9.47 Å². The van der Waals surface area contributed by atoms with Gasteiger partial charge in [-0.15, -0.1) is 0 Å². The van der Waals surface area contributed by atoms with Crippen molar-refractivity contribution >= 4 is 11.9 Å². The smallest absolute Gasteiger partial charge is 0.306 e. The molecule has 0 amide bonds. The first-order valence-corrected chi connectivity index (χ1v) is 18.6. The largest absolute Gasteiger partial charge is 0.462 e. The number of hydrogen-bond acceptors (Lipinski definition) is 5. The van der Waals surface area contributed by atoms with Crippen LogP contribution in [0.3, 0.4) is 0 Å². The summed E-state index contributed by atoms with van der Waals surface area (Å²) in [6, 6.07) is 0. The van der Waals surface area contributed by atoms with Gasteiger partial charge in [0.15, 0.2) is 6.10 Å². The van der Waals surface area contributed by atoms with Crippen LogP contribution < -0.4 is 0 Å². The zero-order chi connectivity index (χ0) is 30.8. The maximum absolute atomic E-state index is 12.1. The molecule has 0 heterocycles. The quantitative estimate of drug-likeness (QED) is 0.0591. The van der Waals surface area contributed by atoms with Gasteiger partial charge in [-0.05, 0) is 12.8 Å². The Balaban J connectivity index is 3.49. The Bertz CT molecular complexity index is 564. The average Bonchev–Trinajstić information content (AvgIpc) is 2.99. The lowest BCUT2D eigenvalue weighted by Crippen LogP contribution is -2.28. The highest BCUT2D eigenvalue weighted by atomic mass is 16.6. The molecule has 0 saturated heterocycles. The Morgan fingerprint density at radius 1 is 0.452 bits per heavy atom. The molecule has 1 atom stereocenters. The van der Waals surface area contributed by atoms with Crippen molar-refractivity contribution in [2.75, 3.05) is 13.2 Å². The van der Waals surface area contributed by atoms with Crippen molar-refractivity contribution in [3.8, 4) is 0 Å². The number of aliphatic hydroxyl groups is 1. The first kappa shape index (κ1) is 40.9. The van der Waals surface area contributed by atoms with Gasteiger partial charge in [0.05, 0.1) is 6.61 Å². The van der Waals surface area contributed by atoms with Crippen LogP contribution >= 0.6 is 0 Å². The molecule has 0 aromatic carbocycles. The Kier molecular flexibility index (Phi) is 33.5. The van der Waals surface area contributed by atoms with Gasteiger partial charge in [-0.3, -0.25) is 9.59 Å². The van der Waals surface area contributed by atoms with Crippen LogP contribution in [-0.2, 0) is 19.1 Å². The minimum Gasteiger partial charge on any atom is -0.462 e. The van der Waals surface area contributed by atoms with Crippen LogP contribution in [0, 0.1) is 0 Å². The number of aliphatic hydroxyl groups excluding tert-OH is 1. The third-order valence-corrected chi connectivity index (χ3v) is 8.40. The summed E-state index contributed by atoms with van der Waals surface area (Å²) >= 11 is 0. The molecule has 0 bridgehead atoms. The maximum Gasteiger partial charge on any atom is 0.306 e. The molecular weight excluding hydrogens is 524 g/mol. The molecule has 42 heavy (non-hydrogen) atoms. The van der Waals surface area contributed by atoms with E-state index in [1.807, 2.05) is 0 Å². The first-order chi connectivity index (χ1) is 20.6. The SMILES string of the molecule is CCCCCCCCCCCCCCCCCCCC(=O)OC(CO)COC(=O)CCCCCCCCCCCCC. The van der Waals surface area contributed by atoms with Gasteiger partial charge >= 0.3 is 11.9 Å². The molecule has 5 heteroatoms. The van der Waals surface area contributed by atoms with E-state index in [2.05, 4.69) is 13.8 Å². The monoisotopic (exact) mass is 597 g/mol. The lowest BCUT2D eigenvalue weighted by Gasteiger charge is -2.15. The van der Waals surface area contributed by atoms with Gasteiger partial charge in [0.25, 0.3) is 0 Å². The van der Waals surface area contributed by atoms with Crippen molar-refractivity contribution in [1.82, 2.24) is 0 Å². The highest BCUT2D eigenvalue weighted by Crippen LogP contribution is 2.15. The van der Waals surface area contributed by atoms with E-state index in [0.717, 1.165) is 32.1 Å². The second-order valence-corrected chi connectivity index (χ2v) is 12.7. The molecule has 0 aromatic rings. The fourth-order valence-electron chi connectivity index (χ4n) is 5.55. The van der Waals surface area contributed by atoms with E-state index in [1.54, 1.807) is 0 Å². The predicted octanol–water partition coefficient (Wildman–Crippen LogP) is 11.2. The van der Waals surface area contributed by atoms with Gasteiger partial charge in [0.1, 0.15) is 6.61 Å². The average molecular weight is 597 g/mol. The van der Waals surface area contributed by atoms with E-state index in [-0.39, 0.29) is 25.2 Å². The molecule has 0 aromatic heterocycles. The molecular formula is C37H72O5. The Labute approximate surface area is 261 Å². The summed E-state index contributed by atoms with van der Waals surface area (Å²) in [5.41, 5.74) is 0. The summed E-state index contributed by atoms with van der Waals surface area (Å²) in [4.78, 5) is 24.1. The summed E-state index contributed by atoms with van der Waals surface area (Å²) in [7, 11) is 0. The molecule has 0 aliphatic carbocycles. The van der Waals surface area contributed by atoms with Gasteiger partial charge in [-0.25, -0.2) is 0 Å². The lowest BCUT2D eigenvalue weighted by atomic mass is 10.0. The number of carbonyl (C=O) groups is 2. The fourth-order valence-corrected chi connectivity index (χ4v) is 5.55. The Morgan fingerprint density at radius 3 is 1.05 bits per heavy atom. The third-order valence-electron chi connectivity index (χ3n) is 8.40. The van der Waals surface area contributed by atoms with Crippen molar-refractivity contribution in [2.24, 2.45) is 0 Å². The number of ether oxygens (including phenoxy) is 2. The van der Waals surface area contributed by atoms with Gasteiger partial charge in [-0.2, -0.15) is 0 Å². The highest BCUT2D eigenvalue weighted by molar-refractivity contribution is 5.70. The standard InChI is InChI=1S/C37H72O5/c1-3-5-7-9-11-13-15-16-17-18-19-20-22-24-26-28-30-32-37(40)42-35(33-38)34-41-36(39)31-29-27-25-23-21-14-12-10-8-6-4-2/h35,38H,3-34H2,1-2H3. The molecule has 0 fully saturated rings. The van der Waals surface area contributed by atoms with Crippen LogP contribution in [0.25, 0.3) is 0 Å². The molecule has 1 unspecified atom stereocenters. The highest BCUT2D eigenvalue weighted by Gasteiger charge is 2.16. The van der Waals surface area contributed by atoms with Crippen LogP contribution in [0.2, 0.25) is 0 Å². The molecule has 0 radical (unpaired) electrons. The maximum atomic E-state index is 12.1. The van der Waals surface area contributed by atoms with Crippen molar-refractivity contribution < 1.29 is 24.2 Å². The topological polar surface area (TPSA) is 72.8 Å². The zero-order valence-electron chi connectivity index (χ0n) is 28.3. The zero-order valence-corrected chi connectivity index (χ0v) is 28.3. The van der Waals surface area contributed by atoms with Crippen LogP contribution in [0.4, 0.5) is 0 Å². The summed E-state index contributed by atoms with van der Waals surface area (Å²) in [6.07, 6.45) is 35.9. The molecule has 250 valence electrons. The Hall–Kier alpha value is -1.10.